The molecule has 0 spiro atoms. The van der Waals surface area contributed by atoms with E-state index in [0.29, 0.717) is 12.5 Å². The van der Waals surface area contributed by atoms with Gasteiger partial charge < -0.3 is 10.1 Å². The van der Waals surface area contributed by atoms with Crippen molar-refractivity contribution < 1.29 is 9.53 Å². The first-order chi connectivity index (χ1) is 11.1. The van der Waals surface area contributed by atoms with Gasteiger partial charge in [0.05, 0.1) is 0 Å². The highest BCUT2D eigenvalue weighted by Gasteiger charge is 2.21. The first kappa shape index (κ1) is 17.7. The molecule has 0 aromatic heterocycles. The van der Waals surface area contributed by atoms with E-state index in [9.17, 15) is 4.79 Å². The van der Waals surface area contributed by atoms with Crippen molar-refractivity contribution in [1.29, 1.82) is 0 Å². The zero-order valence-electron chi connectivity index (χ0n) is 14.4. The van der Waals surface area contributed by atoms with E-state index in [4.69, 9.17) is 4.74 Å². The summed E-state index contributed by atoms with van der Waals surface area (Å²) < 4.78 is 5.51. The van der Waals surface area contributed by atoms with Crippen LogP contribution in [0, 0.1) is 5.92 Å². The van der Waals surface area contributed by atoms with Crippen LogP contribution < -0.4 is 5.32 Å². The average Bonchev–Trinajstić information content (AvgIpc) is 2.58. The lowest BCUT2D eigenvalue weighted by molar-refractivity contribution is -0.147. The maximum atomic E-state index is 12.4. The third kappa shape index (κ3) is 6.57. The molecule has 3 nitrogen and oxygen atoms in total. The van der Waals surface area contributed by atoms with E-state index >= 15 is 0 Å². The van der Waals surface area contributed by atoms with Crippen LogP contribution in [-0.4, -0.2) is 18.6 Å². The van der Waals surface area contributed by atoms with Gasteiger partial charge in [0.15, 0.2) is 0 Å². The van der Waals surface area contributed by atoms with E-state index in [1.807, 2.05) is 30.3 Å². The zero-order chi connectivity index (χ0) is 16.5. The number of hydrogen-bond acceptors (Lipinski definition) is 3. The summed E-state index contributed by atoms with van der Waals surface area (Å²) >= 11 is 0. The highest BCUT2D eigenvalue weighted by atomic mass is 16.5. The van der Waals surface area contributed by atoms with Crippen LogP contribution >= 0.6 is 0 Å². The molecule has 1 N–H and O–H groups in total. The van der Waals surface area contributed by atoms with Gasteiger partial charge in [0, 0.05) is 6.54 Å². The molecule has 0 saturated carbocycles. The Bertz CT molecular complexity index is 508. The van der Waals surface area contributed by atoms with Crippen LogP contribution in [0.3, 0.4) is 0 Å². The fourth-order valence-corrected chi connectivity index (χ4v) is 2.88. The minimum atomic E-state index is -0.221. The molecule has 0 radical (unpaired) electrons. The molecule has 1 aromatic carbocycles. The number of nitrogens with one attached hydrogen (secondary N) is 1. The lowest BCUT2D eigenvalue weighted by Gasteiger charge is -2.21. The fourth-order valence-electron chi connectivity index (χ4n) is 2.88. The Morgan fingerprint density at radius 3 is 2.65 bits per heavy atom. The molecule has 0 fully saturated rings. The molecule has 2 rings (SSSR count). The summed E-state index contributed by atoms with van der Waals surface area (Å²) in [5.74, 6) is 0.316. The topological polar surface area (TPSA) is 38.3 Å². The summed E-state index contributed by atoms with van der Waals surface area (Å²) in [6.45, 7) is 5.43. The van der Waals surface area contributed by atoms with Crippen molar-refractivity contribution in [3.05, 3.63) is 47.5 Å². The standard InChI is InChI=1S/C20H29NO2/c1-16(2)13-19(21-14-17-9-5-3-6-10-17)20(22)23-15-18-11-7-4-8-12-18/h4,7-9,11-12,16,19,21H,3,5-6,10,13-15H2,1-2H3/t19-/m0/s1. The van der Waals surface area contributed by atoms with Crippen LogP contribution in [0.4, 0.5) is 0 Å². The molecule has 23 heavy (non-hydrogen) atoms. The third-order valence-corrected chi connectivity index (χ3v) is 4.18. The molecule has 0 heterocycles. The molecule has 126 valence electrons. The van der Waals surface area contributed by atoms with E-state index in [1.54, 1.807) is 0 Å². The van der Waals surface area contributed by atoms with Crippen LogP contribution in [-0.2, 0) is 16.1 Å². The minimum Gasteiger partial charge on any atom is -0.460 e. The largest absolute Gasteiger partial charge is 0.460 e. The molecule has 0 aliphatic heterocycles. The van der Waals surface area contributed by atoms with Crippen molar-refractivity contribution in [1.82, 2.24) is 5.32 Å². The highest BCUT2D eigenvalue weighted by Crippen LogP contribution is 2.17. The van der Waals surface area contributed by atoms with E-state index in [-0.39, 0.29) is 12.0 Å². The smallest absolute Gasteiger partial charge is 0.323 e. The zero-order valence-corrected chi connectivity index (χ0v) is 14.4. The van der Waals surface area contributed by atoms with E-state index < -0.39 is 0 Å². The number of carbonyl (C=O) groups is 1. The lowest BCUT2D eigenvalue weighted by Crippen LogP contribution is -2.40. The van der Waals surface area contributed by atoms with Gasteiger partial charge in [-0.1, -0.05) is 55.8 Å². The summed E-state index contributed by atoms with van der Waals surface area (Å²) in [5, 5.41) is 3.41. The molecule has 0 bridgehead atoms. The maximum Gasteiger partial charge on any atom is 0.323 e. The van der Waals surface area contributed by atoms with Gasteiger partial charge in [0.25, 0.3) is 0 Å². The minimum absolute atomic E-state index is 0.140. The second-order valence-electron chi connectivity index (χ2n) is 6.76. The number of esters is 1. The maximum absolute atomic E-state index is 12.4. The van der Waals surface area contributed by atoms with Crippen molar-refractivity contribution in [2.45, 2.75) is 58.6 Å². The van der Waals surface area contributed by atoms with Gasteiger partial charge in [-0.15, -0.1) is 0 Å². The normalized spacial score (nSPS) is 16.0. The fraction of sp³-hybridized carbons (Fsp3) is 0.550. The quantitative estimate of drug-likeness (QED) is 0.576. The monoisotopic (exact) mass is 315 g/mol. The second-order valence-corrected chi connectivity index (χ2v) is 6.76. The predicted molar refractivity (Wildman–Crippen MR) is 94.0 cm³/mol. The summed E-state index contributed by atoms with van der Waals surface area (Å²) in [5.41, 5.74) is 2.46. The Morgan fingerprint density at radius 1 is 1.22 bits per heavy atom. The first-order valence-electron chi connectivity index (χ1n) is 8.77. The number of allylic oxidation sites excluding steroid dienone is 1. The van der Waals surface area contributed by atoms with Crippen LogP contribution in [0.5, 0.6) is 0 Å². The summed E-state index contributed by atoms with van der Waals surface area (Å²) in [6, 6.07) is 9.62. The Morgan fingerprint density at radius 2 is 2.00 bits per heavy atom. The number of benzene rings is 1. The van der Waals surface area contributed by atoms with Gasteiger partial charge in [-0.05, 0) is 43.6 Å². The average molecular weight is 315 g/mol. The highest BCUT2D eigenvalue weighted by molar-refractivity contribution is 5.75. The molecule has 0 amide bonds. The summed E-state index contributed by atoms with van der Waals surface area (Å²) in [4.78, 5) is 12.4. The molecule has 3 heteroatoms. The van der Waals surface area contributed by atoms with Crippen LogP contribution in [0.25, 0.3) is 0 Å². The Kier molecular flexibility index (Phi) is 7.34. The van der Waals surface area contributed by atoms with Gasteiger partial charge in [-0.2, -0.15) is 0 Å². The van der Waals surface area contributed by atoms with Gasteiger partial charge >= 0.3 is 5.97 Å². The van der Waals surface area contributed by atoms with Crippen molar-refractivity contribution in [2.24, 2.45) is 5.92 Å². The van der Waals surface area contributed by atoms with E-state index in [0.717, 1.165) is 24.9 Å². The van der Waals surface area contributed by atoms with Crippen LogP contribution in [0.2, 0.25) is 0 Å². The molecule has 1 atom stereocenters. The van der Waals surface area contributed by atoms with Crippen molar-refractivity contribution >= 4 is 5.97 Å². The molecule has 0 unspecified atom stereocenters. The molecule has 1 aliphatic carbocycles. The number of rotatable bonds is 8. The Balaban J connectivity index is 1.85. The molecule has 1 aliphatic rings. The summed E-state index contributed by atoms with van der Waals surface area (Å²) in [7, 11) is 0. The second kappa shape index (κ2) is 9.51. The van der Waals surface area contributed by atoms with Crippen molar-refractivity contribution in [3.8, 4) is 0 Å². The van der Waals surface area contributed by atoms with Crippen LogP contribution in [0.15, 0.2) is 42.0 Å². The Hall–Kier alpha value is -1.61. The van der Waals surface area contributed by atoms with E-state index in [1.165, 1.54) is 24.8 Å². The van der Waals surface area contributed by atoms with Gasteiger partial charge in [-0.3, -0.25) is 4.79 Å². The molecular formula is C20H29NO2. The van der Waals surface area contributed by atoms with Crippen molar-refractivity contribution in [2.75, 3.05) is 6.54 Å². The van der Waals surface area contributed by atoms with Gasteiger partial charge in [0.2, 0.25) is 0 Å². The van der Waals surface area contributed by atoms with Crippen molar-refractivity contribution in [3.63, 3.8) is 0 Å². The third-order valence-electron chi connectivity index (χ3n) is 4.18. The SMILES string of the molecule is CC(C)C[C@H](NCC1=CCCCC1)C(=O)OCc1ccccc1. The van der Waals surface area contributed by atoms with Gasteiger partial charge in [0.1, 0.15) is 12.6 Å². The van der Waals surface area contributed by atoms with Crippen LogP contribution in [0.1, 0.15) is 51.5 Å². The number of carbonyl (C=O) groups excluding carboxylic acids is 1. The number of hydrogen-bond donors (Lipinski definition) is 1. The first-order valence-corrected chi connectivity index (χ1v) is 8.77. The Labute approximate surface area is 140 Å². The molecule has 1 aromatic rings. The molecule has 0 saturated heterocycles. The lowest BCUT2D eigenvalue weighted by atomic mass is 9.98. The predicted octanol–water partition coefficient (Wildman–Crippen LogP) is 4.23. The van der Waals surface area contributed by atoms with E-state index in [2.05, 4.69) is 25.2 Å². The number of ether oxygens (including phenoxy) is 1. The summed E-state index contributed by atoms with van der Waals surface area (Å²) in [6.07, 6.45) is 8.00. The molecular weight excluding hydrogens is 286 g/mol. The van der Waals surface area contributed by atoms with Gasteiger partial charge in [-0.25, -0.2) is 0 Å².